The van der Waals surface area contributed by atoms with Gasteiger partial charge >= 0.3 is 5.97 Å². The summed E-state index contributed by atoms with van der Waals surface area (Å²) >= 11 is 0. The van der Waals surface area contributed by atoms with Crippen LogP contribution in [0.2, 0.25) is 0 Å². The predicted octanol–water partition coefficient (Wildman–Crippen LogP) is 9.57. The number of carbonyl (C=O) groups excluding carboxylic acids is 1. The lowest BCUT2D eigenvalue weighted by atomic mass is 9.99. The van der Waals surface area contributed by atoms with Crippen molar-refractivity contribution in [1.29, 1.82) is 0 Å². The Morgan fingerprint density at radius 2 is 0.983 bits per heavy atom. The molecule has 1 fully saturated rings. The van der Waals surface area contributed by atoms with E-state index >= 15 is 0 Å². The van der Waals surface area contributed by atoms with Crippen molar-refractivity contribution in [2.24, 2.45) is 0 Å². The smallest absolute Gasteiger partial charge is 0.306 e. The third kappa shape index (κ3) is 29.8. The number of rotatable bonds is 34. The van der Waals surface area contributed by atoms with Gasteiger partial charge in [-0.3, -0.25) is 4.79 Å². The summed E-state index contributed by atoms with van der Waals surface area (Å²) in [5, 5.41) is 40.1. The molecular weight excluding hydrogens is 733 g/mol. The summed E-state index contributed by atoms with van der Waals surface area (Å²) in [6.07, 6.45) is 49.5. The molecule has 0 amide bonds. The number of aliphatic hydroxyl groups excluding tert-OH is 4. The molecule has 1 saturated heterocycles. The van der Waals surface area contributed by atoms with Crippen LogP contribution in [-0.4, -0.2) is 89.6 Å². The van der Waals surface area contributed by atoms with Crippen molar-refractivity contribution in [2.75, 3.05) is 26.4 Å². The van der Waals surface area contributed by atoms with Gasteiger partial charge in [0.2, 0.25) is 0 Å². The first kappa shape index (κ1) is 52.6. The summed E-state index contributed by atoms with van der Waals surface area (Å²) in [6.45, 7) is 4.08. The Bertz CT molecular complexity index is 1290. The fraction of sp³-hybridized carbons (Fsp3) is 0.571. The molecule has 9 heteroatoms. The summed E-state index contributed by atoms with van der Waals surface area (Å²) in [6, 6.07) is 0. The number of unbranched alkanes of at least 4 members (excludes halogenated alkanes) is 3. The van der Waals surface area contributed by atoms with Gasteiger partial charge in [-0.1, -0.05) is 135 Å². The van der Waals surface area contributed by atoms with Crippen molar-refractivity contribution in [3.63, 3.8) is 0 Å². The second-order valence-corrected chi connectivity index (χ2v) is 14.0. The third-order valence-electron chi connectivity index (χ3n) is 8.87. The van der Waals surface area contributed by atoms with Crippen LogP contribution in [0.5, 0.6) is 0 Å². The van der Waals surface area contributed by atoms with E-state index in [1.54, 1.807) is 0 Å². The number of carbonyl (C=O) groups is 1. The SMILES string of the molecule is CC/C=C\C/C=C\C/C=C\C/C=C\C/C=C\C/C=C\CCCCC(=O)OC(COCCC/C=C\C/C=C\C/C=C\C/C=C\CC)COC1OC(CO)C(O)C(O)C1O. The molecular formula is C49H76O9. The topological polar surface area (TPSA) is 135 Å². The zero-order chi connectivity index (χ0) is 42.2. The maximum atomic E-state index is 12.8. The summed E-state index contributed by atoms with van der Waals surface area (Å²) < 4.78 is 22.6. The maximum absolute atomic E-state index is 12.8. The molecule has 58 heavy (non-hydrogen) atoms. The van der Waals surface area contributed by atoms with Crippen LogP contribution < -0.4 is 0 Å². The van der Waals surface area contributed by atoms with Gasteiger partial charge in [0.1, 0.15) is 30.5 Å². The Morgan fingerprint density at radius 3 is 1.43 bits per heavy atom. The molecule has 0 radical (unpaired) electrons. The first-order valence-corrected chi connectivity index (χ1v) is 21.6. The monoisotopic (exact) mass is 809 g/mol. The molecule has 9 nitrogen and oxygen atoms in total. The van der Waals surface area contributed by atoms with Crippen molar-refractivity contribution in [3.8, 4) is 0 Å². The molecule has 1 rings (SSSR count). The number of hydrogen-bond acceptors (Lipinski definition) is 9. The molecule has 0 aromatic heterocycles. The predicted molar refractivity (Wildman–Crippen MR) is 237 cm³/mol. The van der Waals surface area contributed by atoms with Crippen molar-refractivity contribution in [1.82, 2.24) is 0 Å². The lowest BCUT2D eigenvalue weighted by molar-refractivity contribution is -0.305. The van der Waals surface area contributed by atoms with Crippen LogP contribution in [0.3, 0.4) is 0 Å². The standard InChI is InChI=1S/C49H76O9/c1-3-5-7-9-11-13-15-17-19-20-21-22-23-24-25-26-28-30-32-34-36-38-45(51)57-43(42-56-49-48(54)47(53)46(52)44(40-50)58-49)41-55-39-37-35-33-31-29-27-18-16-14-12-10-8-6-4-2/h5-8,11-14,17-19,21-22,24-25,27-28,30-31,33,43-44,46-50,52-54H,3-4,9-10,15-16,20,23,26,29,32,34-42H2,1-2H3/b7-5-,8-6-,13-11-,14-12-,19-17-,22-21-,25-24-,27-18-,30-28-,33-31-. The fourth-order valence-corrected chi connectivity index (χ4v) is 5.55. The number of aliphatic hydroxyl groups is 4. The van der Waals surface area contributed by atoms with Gasteiger partial charge in [-0.2, -0.15) is 0 Å². The van der Waals surface area contributed by atoms with Gasteiger partial charge in [0, 0.05) is 13.0 Å². The van der Waals surface area contributed by atoms with Crippen LogP contribution in [0.15, 0.2) is 122 Å². The molecule has 0 aromatic rings. The third-order valence-corrected chi connectivity index (χ3v) is 8.87. The van der Waals surface area contributed by atoms with Crippen LogP contribution >= 0.6 is 0 Å². The Hall–Kier alpha value is -3.41. The van der Waals surface area contributed by atoms with E-state index in [4.69, 9.17) is 18.9 Å². The van der Waals surface area contributed by atoms with Gasteiger partial charge in [0.25, 0.3) is 0 Å². The molecule has 1 heterocycles. The average Bonchev–Trinajstić information content (AvgIpc) is 3.22. The number of allylic oxidation sites excluding steroid dienone is 20. The van der Waals surface area contributed by atoms with E-state index < -0.39 is 43.4 Å². The first-order chi connectivity index (χ1) is 28.4. The van der Waals surface area contributed by atoms with Gasteiger partial charge in [-0.05, 0) is 96.3 Å². The summed E-state index contributed by atoms with van der Waals surface area (Å²) in [7, 11) is 0. The van der Waals surface area contributed by atoms with Gasteiger partial charge in [0.05, 0.1) is 19.8 Å². The van der Waals surface area contributed by atoms with Gasteiger partial charge in [-0.15, -0.1) is 0 Å². The Labute approximate surface area is 350 Å². The van der Waals surface area contributed by atoms with Gasteiger partial charge in [0.15, 0.2) is 6.29 Å². The Morgan fingerprint density at radius 1 is 0.552 bits per heavy atom. The van der Waals surface area contributed by atoms with Crippen LogP contribution in [0.1, 0.15) is 117 Å². The van der Waals surface area contributed by atoms with E-state index in [1.807, 2.05) is 0 Å². The quantitative estimate of drug-likeness (QED) is 0.0285. The van der Waals surface area contributed by atoms with Crippen molar-refractivity contribution in [2.45, 2.75) is 153 Å². The largest absolute Gasteiger partial charge is 0.457 e. The highest BCUT2D eigenvalue weighted by atomic mass is 16.7. The Balaban J connectivity index is 2.37. The molecule has 0 spiro atoms. The van der Waals surface area contributed by atoms with Crippen molar-refractivity contribution < 1.29 is 44.2 Å². The highest BCUT2D eigenvalue weighted by Gasteiger charge is 2.44. The van der Waals surface area contributed by atoms with Crippen LogP contribution in [0.25, 0.3) is 0 Å². The molecule has 6 atom stereocenters. The van der Waals surface area contributed by atoms with Crippen molar-refractivity contribution in [3.05, 3.63) is 122 Å². The second kappa shape index (κ2) is 39.1. The van der Waals surface area contributed by atoms with Gasteiger partial charge in [-0.25, -0.2) is 0 Å². The normalized spacial score (nSPS) is 21.5. The zero-order valence-electron chi connectivity index (χ0n) is 35.5. The molecule has 4 N–H and O–H groups in total. The molecule has 1 aliphatic rings. The molecule has 0 bridgehead atoms. The zero-order valence-corrected chi connectivity index (χ0v) is 35.5. The molecule has 326 valence electrons. The summed E-state index contributed by atoms with van der Waals surface area (Å²) in [5.41, 5.74) is 0. The molecule has 6 unspecified atom stereocenters. The van der Waals surface area contributed by atoms with Crippen LogP contribution in [0.4, 0.5) is 0 Å². The minimum Gasteiger partial charge on any atom is -0.457 e. The van der Waals surface area contributed by atoms with E-state index in [1.165, 1.54) is 0 Å². The molecule has 0 aromatic carbocycles. The van der Waals surface area contributed by atoms with Gasteiger partial charge < -0.3 is 39.4 Å². The molecule has 1 aliphatic heterocycles. The van der Waals surface area contributed by atoms with Crippen LogP contribution in [0, 0.1) is 0 Å². The summed E-state index contributed by atoms with van der Waals surface area (Å²) in [4.78, 5) is 12.8. The first-order valence-electron chi connectivity index (χ1n) is 21.6. The van der Waals surface area contributed by atoms with E-state index in [-0.39, 0.29) is 25.6 Å². The Kier molecular flexibility index (Phi) is 35.4. The lowest BCUT2D eigenvalue weighted by Crippen LogP contribution is -2.59. The molecule has 0 saturated carbocycles. The lowest BCUT2D eigenvalue weighted by Gasteiger charge is -2.39. The maximum Gasteiger partial charge on any atom is 0.306 e. The van der Waals surface area contributed by atoms with E-state index in [0.717, 1.165) is 89.9 Å². The highest BCUT2D eigenvalue weighted by Crippen LogP contribution is 2.22. The van der Waals surface area contributed by atoms with E-state index in [9.17, 15) is 25.2 Å². The minimum absolute atomic E-state index is 0.0793. The summed E-state index contributed by atoms with van der Waals surface area (Å²) in [5.74, 6) is -0.381. The fourth-order valence-electron chi connectivity index (χ4n) is 5.55. The number of esters is 1. The highest BCUT2D eigenvalue weighted by molar-refractivity contribution is 5.69. The van der Waals surface area contributed by atoms with E-state index in [0.29, 0.717) is 13.0 Å². The number of ether oxygens (including phenoxy) is 4. The number of hydrogen-bond donors (Lipinski definition) is 4. The van der Waals surface area contributed by atoms with Crippen LogP contribution in [-0.2, 0) is 23.7 Å². The van der Waals surface area contributed by atoms with E-state index in [2.05, 4.69) is 135 Å². The minimum atomic E-state index is -1.56. The average molecular weight is 809 g/mol. The molecule has 0 aliphatic carbocycles. The van der Waals surface area contributed by atoms with Crippen molar-refractivity contribution >= 4 is 5.97 Å². The second-order valence-electron chi connectivity index (χ2n) is 14.0.